The topological polar surface area (TPSA) is 43.4 Å². The zero-order valence-electron chi connectivity index (χ0n) is 11.9. The third-order valence-electron chi connectivity index (χ3n) is 2.80. The maximum absolute atomic E-state index is 5.80. The molecule has 0 fully saturated rings. The fourth-order valence-corrected chi connectivity index (χ4v) is 1.83. The second kappa shape index (κ2) is 7.50. The van der Waals surface area contributed by atoms with Crippen LogP contribution in [0.1, 0.15) is 18.9 Å². The van der Waals surface area contributed by atoms with Crippen molar-refractivity contribution in [3.63, 3.8) is 0 Å². The lowest BCUT2D eigenvalue weighted by atomic mass is 10.2. The van der Waals surface area contributed by atoms with Gasteiger partial charge in [-0.05, 0) is 36.7 Å². The van der Waals surface area contributed by atoms with Gasteiger partial charge in [0.2, 0.25) is 0 Å². The smallest absolute Gasteiger partial charge is 0.146 e. The number of rotatable bonds is 7. The van der Waals surface area contributed by atoms with Crippen LogP contribution in [0.25, 0.3) is 0 Å². The van der Waals surface area contributed by atoms with Gasteiger partial charge in [-0.1, -0.05) is 13.0 Å². The molecule has 1 heterocycles. The summed E-state index contributed by atoms with van der Waals surface area (Å²) in [4.78, 5) is 4.21. The minimum Gasteiger partial charge on any atom is -0.497 e. The van der Waals surface area contributed by atoms with Crippen LogP contribution in [0, 0.1) is 0 Å². The van der Waals surface area contributed by atoms with Crippen molar-refractivity contribution < 1.29 is 9.47 Å². The van der Waals surface area contributed by atoms with E-state index in [1.807, 2.05) is 36.5 Å². The first-order chi connectivity index (χ1) is 9.81. The number of nitrogens with one attached hydrogen (secondary N) is 1. The van der Waals surface area contributed by atoms with Gasteiger partial charge in [-0.3, -0.25) is 4.98 Å². The van der Waals surface area contributed by atoms with Crippen LogP contribution in [-0.2, 0) is 6.54 Å². The molecule has 0 amide bonds. The van der Waals surface area contributed by atoms with E-state index in [0.717, 1.165) is 42.3 Å². The van der Waals surface area contributed by atoms with Gasteiger partial charge in [-0.15, -0.1) is 0 Å². The van der Waals surface area contributed by atoms with E-state index in [0.29, 0.717) is 0 Å². The fraction of sp³-hybridized carbons (Fsp3) is 0.312. The second-order valence-electron chi connectivity index (χ2n) is 4.49. The van der Waals surface area contributed by atoms with Crippen molar-refractivity contribution >= 4 is 0 Å². The van der Waals surface area contributed by atoms with Gasteiger partial charge in [-0.2, -0.15) is 0 Å². The monoisotopic (exact) mass is 272 g/mol. The van der Waals surface area contributed by atoms with Crippen molar-refractivity contribution in [3.8, 4) is 17.2 Å². The molecule has 4 heteroatoms. The molecule has 0 aliphatic rings. The highest BCUT2D eigenvalue weighted by Crippen LogP contribution is 2.25. The van der Waals surface area contributed by atoms with Gasteiger partial charge in [0.05, 0.1) is 13.3 Å². The first-order valence-electron chi connectivity index (χ1n) is 6.78. The van der Waals surface area contributed by atoms with E-state index in [1.165, 1.54) is 0 Å². The van der Waals surface area contributed by atoms with Crippen LogP contribution < -0.4 is 14.8 Å². The highest BCUT2D eigenvalue weighted by molar-refractivity contribution is 5.36. The number of nitrogens with zero attached hydrogens (tertiary/aromatic N) is 1. The predicted molar refractivity (Wildman–Crippen MR) is 79.3 cm³/mol. The number of aromatic nitrogens is 1. The molecule has 1 aromatic heterocycles. The summed E-state index contributed by atoms with van der Waals surface area (Å²) in [7, 11) is 1.64. The molecule has 0 saturated heterocycles. The summed E-state index contributed by atoms with van der Waals surface area (Å²) < 4.78 is 11.0. The Morgan fingerprint density at radius 1 is 1.10 bits per heavy atom. The summed E-state index contributed by atoms with van der Waals surface area (Å²) in [6, 6.07) is 9.52. The summed E-state index contributed by atoms with van der Waals surface area (Å²) in [5.41, 5.74) is 1.11. The molecule has 106 valence electrons. The van der Waals surface area contributed by atoms with Crippen molar-refractivity contribution in [3.05, 3.63) is 48.3 Å². The summed E-state index contributed by atoms with van der Waals surface area (Å²) in [5.74, 6) is 2.25. The Morgan fingerprint density at radius 2 is 1.95 bits per heavy atom. The normalized spacial score (nSPS) is 10.3. The molecule has 20 heavy (non-hydrogen) atoms. The Morgan fingerprint density at radius 3 is 2.75 bits per heavy atom. The van der Waals surface area contributed by atoms with Crippen molar-refractivity contribution in [2.45, 2.75) is 19.9 Å². The van der Waals surface area contributed by atoms with Gasteiger partial charge in [0.25, 0.3) is 0 Å². The Hall–Kier alpha value is -2.07. The Balaban J connectivity index is 2.03. The fourth-order valence-electron chi connectivity index (χ4n) is 1.83. The van der Waals surface area contributed by atoms with Crippen molar-refractivity contribution in [2.75, 3.05) is 13.7 Å². The molecule has 0 unspecified atom stereocenters. The SMILES string of the molecule is CCCNCc1cncc(Oc2cccc(OC)c2)c1. The molecule has 2 rings (SSSR count). The van der Waals surface area contributed by atoms with Crippen LogP contribution in [0.3, 0.4) is 0 Å². The molecule has 2 aromatic rings. The molecule has 1 aromatic carbocycles. The molecule has 0 radical (unpaired) electrons. The van der Waals surface area contributed by atoms with E-state index in [-0.39, 0.29) is 0 Å². The molecule has 4 nitrogen and oxygen atoms in total. The Kier molecular flexibility index (Phi) is 5.38. The molecule has 1 N–H and O–H groups in total. The van der Waals surface area contributed by atoms with Crippen LogP contribution in [0.5, 0.6) is 17.2 Å². The molecular weight excluding hydrogens is 252 g/mol. The van der Waals surface area contributed by atoms with Gasteiger partial charge in [0, 0.05) is 18.8 Å². The first kappa shape index (κ1) is 14.3. The van der Waals surface area contributed by atoms with Crippen LogP contribution in [0.2, 0.25) is 0 Å². The standard InChI is InChI=1S/C16H20N2O2/c1-3-7-17-10-13-8-16(12-18-11-13)20-15-6-4-5-14(9-15)19-2/h4-6,8-9,11-12,17H,3,7,10H2,1-2H3. The number of benzene rings is 1. The predicted octanol–water partition coefficient (Wildman–Crippen LogP) is 3.38. The van der Waals surface area contributed by atoms with E-state index in [2.05, 4.69) is 17.2 Å². The quantitative estimate of drug-likeness (QED) is 0.785. The molecule has 0 saturated carbocycles. The lowest BCUT2D eigenvalue weighted by molar-refractivity contribution is 0.409. The van der Waals surface area contributed by atoms with Crippen molar-refractivity contribution in [1.82, 2.24) is 10.3 Å². The zero-order chi connectivity index (χ0) is 14.2. The van der Waals surface area contributed by atoms with Gasteiger partial charge in [0.15, 0.2) is 0 Å². The van der Waals surface area contributed by atoms with E-state index < -0.39 is 0 Å². The summed E-state index contributed by atoms with van der Waals surface area (Å²) in [5, 5.41) is 3.35. The molecule has 0 aliphatic carbocycles. The van der Waals surface area contributed by atoms with Crippen LogP contribution >= 0.6 is 0 Å². The number of hydrogen-bond donors (Lipinski definition) is 1. The lowest BCUT2D eigenvalue weighted by Gasteiger charge is -2.08. The third-order valence-corrected chi connectivity index (χ3v) is 2.80. The molecule has 0 aliphatic heterocycles. The van der Waals surface area contributed by atoms with E-state index in [1.54, 1.807) is 13.3 Å². The highest BCUT2D eigenvalue weighted by Gasteiger charge is 2.01. The highest BCUT2D eigenvalue weighted by atomic mass is 16.5. The number of methoxy groups -OCH3 is 1. The van der Waals surface area contributed by atoms with Crippen LogP contribution in [-0.4, -0.2) is 18.6 Å². The average molecular weight is 272 g/mol. The average Bonchev–Trinajstić information content (AvgIpc) is 2.48. The Bertz CT molecular complexity index is 544. The van der Waals surface area contributed by atoms with Gasteiger partial charge >= 0.3 is 0 Å². The lowest BCUT2D eigenvalue weighted by Crippen LogP contribution is -2.13. The van der Waals surface area contributed by atoms with Crippen LogP contribution in [0.4, 0.5) is 0 Å². The second-order valence-corrected chi connectivity index (χ2v) is 4.49. The maximum Gasteiger partial charge on any atom is 0.146 e. The number of hydrogen-bond acceptors (Lipinski definition) is 4. The minimum absolute atomic E-state index is 0.731. The van der Waals surface area contributed by atoms with Gasteiger partial charge in [-0.25, -0.2) is 0 Å². The third kappa shape index (κ3) is 4.24. The largest absolute Gasteiger partial charge is 0.497 e. The molecule has 0 spiro atoms. The molecule has 0 bridgehead atoms. The summed E-state index contributed by atoms with van der Waals surface area (Å²) in [6.45, 7) is 3.95. The molecular formula is C16H20N2O2. The van der Waals surface area contributed by atoms with Crippen molar-refractivity contribution in [1.29, 1.82) is 0 Å². The number of pyridine rings is 1. The molecule has 0 atom stereocenters. The van der Waals surface area contributed by atoms with Gasteiger partial charge < -0.3 is 14.8 Å². The first-order valence-corrected chi connectivity index (χ1v) is 6.78. The zero-order valence-corrected chi connectivity index (χ0v) is 11.9. The van der Waals surface area contributed by atoms with E-state index in [9.17, 15) is 0 Å². The number of ether oxygens (including phenoxy) is 2. The summed E-state index contributed by atoms with van der Waals surface area (Å²) in [6.07, 6.45) is 4.68. The van der Waals surface area contributed by atoms with E-state index in [4.69, 9.17) is 9.47 Å². The van der Waals surface area contributed by atoms with E-state index >= 15 is 0 Å². The minimum atomic E-state index is 0.731. The Labute approximate surface area is 119 Å². The van der Waals surface area contributed by atoms with Crippen molar-refractivity contribution in [2.24, 2.45) is 0 Å². The van der Waals surface area contributed by atoms with Crippen LogP contribution in [0.15, 0.2) is 42.7 Å². The summed E-state index contributed by atoms with van der Waals surface area (Å²) >= 11 is 0. The van der Waals surface area contributed by atoms with Gasteiger partial charge in [0.1, 0.15) is 17.2 Å². The maximum atomic E-state index is 5.80.